The van der Waals surface area contributed by atoms with Crippen LogP contribution in [-0.4, -0.2) is 36.1 Å². The van der Waals surface area contributed by atoms with Crippen LogP contribution in [0, 0.1) is 11.7 Å². The summed E-state index contributed by atoms with van der Waals surface area (Å²) in [7, 11) is 0. The second kappa shape index (κ2) is 8.49. The van der Waals surface area contributed by atoms with Gasteiger partial charge in [-0.3, -0.25) is 4.79 Å². The van der Waals surface area contributed by atoms with Gasteiger partial charge in [0.1, 0.15) is 18.2 Å². The number of aryl methyl sites for hydroxylation is 1. The summed E-state index contributed by atoms with van der Waals surface area (Å²) in [5.74, 6) is 1.35. The molecular weight excluding hydrogens is 417 g/mol. The molecule has 2 aromatic carbocycles. The van der Waals surface area contributed by atoms with Crippen molar-refractivity contribution in [2.75, 3.05) is 13.2 Å². The van der Waals surface area contributed by atoms with Crippen molar-refractivity contribution < 1.29 is 13.9 Å². The highest BCUT2D eigenvalue weighted by atomic mass is 19.1. The van der Waals surface area contributed by atoms with Crippen molar-refractivity contribution in [1.82, 2.24) is 15.6 Å². The standard InChI is InChI=1S/C27H30FN3O2/c28-19-6-8-24-21(12-19)18(14-30-24)4-7-23(16-2-1-3-16)31-20-13-22-25(33-15-20)9-5-17-10-11-29-27(32)26(17)22/h5-6,8-9,12,14,16,20,23,30-31H,1-4,7,10-11,13,15H2,(H,29,32). The van der Waals surface area contributed by atoms with Gasteiger partial charge in [-0.15, -0.1) is 0 Å². The van der Waals surface area contributed by atoms with Gasteiger partial charge < -0.3 is 20.4 Å². The summed E-state index contributed by atoms with van der Waals surface area (Å²) >= 11 is 0. The SMILES string of the molecule is O=C1NCCc2ccc3c(c21)CC(NC(CCc1c[nH]c2ccc(F)cc12)C1CCC1)CO3. The molecule has 6 heteroatoms. The Labute approximate surface area is 193 Å². The largest absolute Gasteiger partial charge is 0.492 e. The van der Waals surface area contributed by atoms with Crippen LogP contribution in [0.1, 0.15) is 52.7 Å². The Bertz CT molecular complexity index is 1200. The van der Waals surface area contributed by atoms with E-state index in [1.165, 1.54) is 30.9 Å². The lowest BCUT2D eigenvalue weighted by Gasteiger charge is -2.38. The lowest BCUT2D eigenvalue weighted by atomic mass is 9.77. The van der Waals surface area contributed by atoms with Gasteiger partial charge in [-0.1, -0.05) is 12.5 Å². The Morgan fingerprint density at radius 2 is 2.12 bits per heavy atom. The molecule has 3 heterocycles. The van der Waals surface area contributed by atoms with Gasteiger partial charge in [0.2, 0.25) is 0 Å². The number of carbonyl (C=O) groups excluding carboxylic acids is 1. The summed E-state index contributed by atoms with van der Waals surface area (Å²) in [6.45, 7) is 1.32. The molecule has 33 heavy (non-hydrogen) atoms. The van der Waals surface area contributed by atoms with Crippen LogP contribution in [0.25, 0.3) is 10.9 Å². The van der Waals surface area contributed by atoms with E-state index in [0.29, 0.717) is 25.1 Å². The highest BCUT2D eigenvalue weighted by Crippen LogP contribution is 2.35. The lowest BCUT2D eigenvalue weighted by Crippen LogP contribution is -2.50. The number of fused-ring (bicyclic) bond motifs is 4. The van der Waals surface area contributed by atoms with Crippen molar-refractivity contribution in [3.63, 3.8) is 0 Å². The normalized spacial score (nSPS) is 21.0. The number of carbonyl (C=O) groups is 1. The molecule has 0 bridgehead atoms. The number of hydrogen-bond acceptors (Lipinski definition) is 3. The van der Waals surface area contributed by atoms with Crippen LogP contribution in [0.4, 0.5) is 4.39 Å². The van der Waals surface area contributed by atoms with Gasteiger partial charge in [0, 0.05) is 46.9 Å². The number of nitrogens with one attached hydrogen (secondary N) is 3. The van der Waals surface area contributed by atoms with E-state index in [1.807, 2.05) is 24.4 Å². The molecule has 172 valence electrons. The first-order chi connectivity index (χ1) is 16.2. The molecule has 3 N–H and O–H groups in total. The Morgan fingerprint density at radius 3 is 2.97 bits per heavy atom. The summed E-state index contributed by atoms with van der Waals surface area (Å²) in [4.78, 5) is 15.9. The molecule has 3 aromatic rings. The number of ether oxygens (including phenoxy) is 1. The summed E-state index contributed by atoms with van der Waals surface area (Å²) < 4.78 is 19.9. The molecule has 5 nitrogen and oxygen atoms in total. The monoisotopic (exact) mass is 447 g/mol. The molecule has 3 aliphatic rings. The minimum atomic E-state index is -0.192. The Kier molecular flexibility index (Phi) is 5.33. The Hall–Kier alpha value is -2.86. The maximum atomic E-state index is 13.8. The van der Waals surface area contributed by atoms with Gasteiger partial charge >= 0.3 is 0 Å². The van der Waals surface area contributed by atoms with Crippen LogP contribution in [0.15, 0.2) is 36.5 Å². The predicted octanol–water partition coefficient (Wildman–Crippen LogP) is 4.29. The maximum Gasteiger partial charge on any atom is 0.251 e. The molecule has 0 radical (unpaired) electrons. The molecule has 0 saturated heterocycles. The van der Waals surface area contributed by atoms with E-state index in [4.69, 9.17) is 4.74 Å². The van der Waals surface area contributed by atoms with E-state index in [-0.39, 0.29) is 17.8 Å². The molecule has 1 amide bonds. The Morgan fingerprint density at radius 1 is 1.21 bits per heavy atom. The van der Waals surface area contributed by atoms with Gasteiger partial charge in [-0.05, 0) is 79.8 Å². The first-order valence-electron chi connectivity index (χ1n) is 12.2. The number of aromatic amines is 1. The van der Waals surface area contributed by atoms with Gasteiger partial charge in [0.15, 0.2) is 0 Å². The van der Waals surface area contributed by atoms with Gasteiger partial charge in [-0.25, -0.2) is 4.39 Å². The highest BCUT2D eigenvalue weighted by Gasteiger charge is 2.33. The molecule has 1 saturated carbocycles. The van der Waals surface area contributed by atoms with Crippen LogP contribution >= 0.6 is 0 Å². The first kappa shape index (κ1) is 20.7. The Balaban J connectivity index is 1.19. The zero-order chi connectivity index (χ0) is 22.4. The topological polar surface area (TPSA) is 66.2 Å². The summed E-state index contributed by atoms with van der Waals surface area (Å²) in [6.07, 6.45) is 9.41. The number of amides is 1. The number of H-pyrrole nitrogens is 1. The third-order valence-electron chi connectivity index (χ3n) is 7.78. The molecule has 2 unspecified atom stereocenters. The van der Waals surface area contributed by atoms with E-state index in [0.717, 1.165) is 59.0 Å². The molecule has 2 aliphatic heterocycles. The summed E-state index contributed by atoms with van der Waals surface area (Å²) in [5.41, 5.74) is 5.16. The van der Waals surface area contributed by atoms with Crippen molar-refractivity contribution in [2.24, 2.45) is 5.92 Å². The molecule has 2 atom stereocenters. The zero-order valence-electron chi connectivity index (χ0n) is 18.8. The number of rotatable bonds is 6. The average Bonchev–Trinajstić information content (AvgIpc) is 3.18. The number of benzene rings is 2. The third kappa shape index (κ3) is 3.90. The van der Waals surface area contributed by atoms with E-state index in [9.17, 15) is 9.18 Å². The van der Waals surface area contributed by atoms with Gasteiger partial charge in [0.05, 0.1) is 0 Å². The van der Waals surface area contributed by atoms with Crippen molar-refractivity contribution >= 4 is 16.8 Å². The summed E-state index contributed by atoms with van der Waals surface area (Å²) in [5, 5.41) is 7.87. The van der Waals surface area contributed by atoms with Gasteiger partial charge in [0.25, 0.3) is 5.91 Å². The predicted molar refractivity (Wildman–Crippen MR) is 126 cm³/mol. The van der Waals surface area contributed by atoms with E-state index < -0.39 is 0 Å². The molecular formula is C27H30FN3O2. The minimum Gasteiger partial charge on any atom is -0.492 e. The molecule has 1 aromatic heterocycles. The smallest absolute Gasteiger partial charge is 0.251 e. The summed E-state index contributed by atoms with van der Waals surface area (Å²) in [6, 6.07) is 9.59. The van der Waals surface area contributed by atoms with Crippen LogP contribution in [0.3, 0.4) is 0 Å². The van der Waals surface area contributed by atoms with E-state index in [2.05, 4.69) is 15.6 Å². The quantitative estimate of drug-likeness (QED) is 0.528. The number of aromatic nitrogens is 1. The van der Waals surface area contributed by atoms with Crippen LogP contribution < -0.4 is 15.4 Å². The number of halogens is 1. The molecule has 0 spiro atoms. The third-order valence-corrected chi connectivity index (χ3v) is 7.78. The fourth-order valence-electron chi connectivity index (χ4n) is 5.78. The molecule has 6 rings (SSSR count). The first-order valence-corrected chi connectivity index (χ1v) is 12.2. The minimum absolute atomic E-state index is 0.0273. The van der Waals surface area contributed by atoms with Crippen molar-refractivity contribution in [3.8, 4) is 5.75 Å². The fraction of sp³-hybridized carbons (Fsp3) is 0.444. The molecule has 1 fully saturated rings. The lowest BCUT2D eigenvalue weighted by molar-refractivity contribution is 0.0942. The van der Waals surface area contributed by atoms with Crippen LogP contribution in [-0.2, 0) is 19.3 Å². The van der Waals surface area contributed by atoms with Crippen molar-refractivity contribution in [3.05, 3.63) is 64.6 Å². The van der Waals surface area contributed by atoms with E-state index >= 15 is 0 Å². The van der Waals surface area contributed by atoms with Crippen molar-refractivity contribution in [1.29, 1.82) is 0 Å². The molecule has 1 aliphatic carbocycles. The second-order valence-corrected chi connectivity index (χ2v) is 9.80. The van der Waals surface area contributed by atoms with Crippen LogP contribution in [0.2, 0.25) is 0 Å². The maximum absolute atomic E-state index is 13.8. The fourth-order valence-corrected chi connectivity index (χ4v) is 5.78. The number of hydrogen-bond donors (Lipinski definition) is 3. The van der Waals surface area contributed by atoms with Gasteiger partial charge in [-0.2, -0.15) is 0 Å². The highest BCUT2D eigenvalue weighted by molar-refractivity contribution is 5.99. The average molecular weight is 448 g/mol. The zero-order valence-corrected chi connectivity index (χ0v) is 18.8. The second-order valence-electron chi connectivity index (χ2n) is 9.80. The van der Waals surface area contributed by atoms with Crippen molar-refractivity contribution in [2.45, 2.75) is 57.0 Å². The van der Waals surface area contributed by atoms with E-state index in [1.54, 1.807) is 6.07 Å². The van der Waals surface area contributed by atoms with Crippen LogP contribution in [0.5, 0.6) is 5.75 Å².